The number of anilines is 1. The smallest absolute Gasteiger partial charge is 0.335 e. The van der Waals surface area contributed by atoms with Gasteiger partial charge < -0.3 is 10.4 Å². The fraction of sp³-hybridized carbons (Fsp3) is 0.267. The molecule has 1 aromatic carbocycles. The first-order chi connectivity index (χ1) is 9.11. The highest BCUT2D eigenvalue weighted by atomic mass is 32.1. The van der Waals surface area contributed by atoms with E-state index < -0.39 is 5.97 Å². The minimum Gasteiger partial charge on any atom is -0.478 e. The van der Waals surface area contributed by atoms with E-state index in [1.54, 1.807) is 23.5 Å². The van der Waals surface area contributed by atoms with E-state index in [0.29, 0.717) is 5.56 Å². The van der Waals surface area contributed by atoms with Crippen LogP contribution in [0.15, 0.2) is 35.7 Å². The van der Waals surface area contributed by atoms with Gasteiger partial charge in [-0.05, 0) is 48.6 Å². The molecule has 100 valence electrons. The topological polar surface area (TPSA) is 49.3 Å². The van der Waals surface area contributed by atoms with Gasteiger partial charge in [0.2, 0.25) is 0 Å². The lowest BCUT2D eigenvalue weighted by molar-refractivity contribution is 0.0697. The fourth-order valence-corrected chi connectivity index (χ4v) is 2.87. The van der Waals surface area contributed by atoms with Crippen LogP contribution < -0.4 is 5.32 Å². The zero-order chi connectivity index (χ0) is 13.8. The quantitative estimate of drug-likeness (QED) is 0.854. The molecular weight excluding hydrogens is 258 g/mol. The molecule has 1 unspecified atom stereocenters. The van der Waals surface area contributed by atoms with Crippen LogP contribution in [0, 0.1) is 6.92 Å². The van der Waals surface area contributed by atoms with Gasteiger partial charge in [-0.2, -0.15) is 0 Å². The molecule has 4 heteroatoms. The molecule has 0 aliphatic carbocycles. The molecule has 0 bridgehead atoms. The van der Waals surface area contributed by atoms with Gasteiger partial charge >= 0.3 is 5.97 Å². The minimum atomic E-state index is -0.889. The summed E-state index contributed by atoms with van der Waals surface area (Å²) in [5.74, 6) is -0.889. The van der Waals surface area contributed by atoms with Crippen molar-refractivity contribution in [1.29, 1.82) is 0 Å². The zero-order valence-corrected chi connectivity index (χ0v) is 11.8. The summed E-state index contributed by atoms with van der Waals surface area (Å²) in [6, 6.07) is 9.62. The van der Waals surface area contributed by atoms with Gasteiger partial charge in [-0.15, -0.1) is 11.3 Å². The second-order valence-corrected chi connectivity index (χ2v) is 5.43. The molecule has 1 heterocycles. The molecular formula is C15H17NO2S. The summed E-state index contributed by atoms with van der Waals surface area (Å²) in [6.45, 7) is 4.06. The van der Waals surface area contributed by atoms with Crippen molar-refractivity contribution in [2.45, 2.75) is 26.3 Å². The largest absolute Gasteiger partial charge is 0.478 e. The lowest BCUT2D eigenvalue weighted by Crippen LogP contribution is -2.09. The summed E-state index contributed by atoms with van der Waals surface area (Å²) in [4.78, 5) is 12.2. The van der Waals surface area contributed by atoms with Crippen molar-refractivity contribution in [3.8, 4) is 0 Å². The Balaban J connectivity index is 2.21. The summed E-state index contributed by atoms with van der Waals surface area (Å²) in [6.07, 6.45) is 0.987. The molecule has 3 nitrogen and oxygen atoms in total. The Bertz CT molecular complexity index is 564. The fourth-order valence-electron chi connectivity index (χ4n) is 2.01. The van der Waals surface area contributed by atoms with Crippen molar-refractivity contribution in [3.63, 3.8) is 0 Å². The van der Waals surface area contributed by atoms with E-state index in [4.69, 9.17) is 5.11 Å². The van der Waals surface area contributed by atoms with E-state index in [0.717, 1.165) is 17.7 Å². The second kappa shape index (κ2) is 5.89. The number of carboxylic acids is 1. The van der Waals surface area contributed by atoms with Gasteiger partial charge in [0.15, 0.2) is 0 Å². The molecule has 2 rings (SSSR count). The molecule has 1 aromatic heterocycles. The maximum absolute atomic E-state index is 10.9. The molecule has 0 saturated heterocycles. The summed E-state index contributed by atoms with van der Waals surface area (Å²) in [7, 11) is 0. The van der Waals surface area contributed by atoms with E-state index in [-0.39, 0.29) is 6.04 Å². The van der Waals surface area contributed by atoms with Gasteiger partial charge in [-0.3, -0.25) is 0 Å². The number of aryl methyl sites for hydroxylation is 1. The molecule has 2 N–H and O–H groups in total. The highest BCUT2D eigenvalue weighted by molar-refractivity contribution is 7.10. The molecule has 19 heavy (non-hydrogen) atoms. The van der Waals surface area contributed by atoms with Crippen LogP contribution in [0.2, 0.25) is 0 Å². The van der Waals surface area contributed by atoms with Crippen molar-refractivity contribution in [1.82, 2.24) is 0 Å². The highest BCUT2D eigenvalue weighted by Gasteiger charge is 2.12. The monoisotopic (exact) mass is 275 g/mol. The average Bonchev–Trinajstić information content (AvgIpc) is 2.91. The van der Waals surface area contributed by atoms with E-state index in [1.165, 1.54) is 4.88 Å². The molecule has 0 spiro atoms. The number of rotatable bonds is 5. The Morgan fingerprint density at radius 3 is 2.74 bits per heavy atom. The Morgan fingerprint density at radius 2 is 2.21 bits per heavy atom. The minimum absolute atomic E-state index is 0.273. The zero-order valence-electron chi connectivity index (χ0n) is 11.0. The number of nitrogens with one attached hydrogen (secondary N) is 1. The van der Waals surface area contributed by atoms with Gasteiger partial charge in [0.25, 0.3) is 0 Å². The van der Waals surface area contributed by atoms with Crippen LogP contribution in [0.3, 0.4) is 0 Å². The van der Waals surface area contributed by atoms with E-state index in [2.05, 4.69) is 23.7 Å². The lowest BCUT2D eigenvalue weighted by atomic mass is 10.1. The van der Waals surface area contributed by atoms with Crippen molar-refractivity contribution < 1.29 is 9.90 Å². The van der Waals surface area contributed by atoms with E-state index >= 15 is 0 Å². The number of carbonyl (C=O) groups is 1. The van der Waals surface area contributed by atoms with Crippen molar-refractivity contribution >= 4 is 23.0 Å². The van der Waals surface area contributed by atoms with E-state index in [9.17, 15) is 4.79 Å². The molecule has 0 saturated carbocycles. The predicted molar refractivity (Wildman–Crippen MR) is 79.1 cm³/mol. The number of hydrogen-bond donors (Lipinski definition) is 2. The Morgan fingerprint density at radius 1 is 1.42 bits per heavy atom. The number of thiophene rings is 1. The summed E-state index contributed by atoms with van der Waals surface area (Å²) in [5.41, 5.74) is 2.27. The van der Waals surface area contributed by atoms with Crippen LogP contribution >= 0.6 is 11.3 Å². The molecule has 0 amide bonds. The van der Waals surface area contributed by atoms with Crippen LogP contribution in [0.5, 0.6) is 0 Å². The summed E-state index contributed by atoms with van der Waals surface area (Å²) < 4.78 is 0. The number of benzene rings is 1. The van der Waals surface area contributed by atoms with Gasteiger partial charge in [-0.25, -0.2) is 4.79 Å². The van der Waals surface area contributed by atoms with Gasteiger partial charge in [0, 0.05) is 10.6 Å². The standard InChI is InChI=1S/C15H17NO2S/c1-3-12(14-5-4-8-19-14)16-13-7-6-11(15(17)18)9-10(13)2/h4-9,12,16H,3H2,1-2H3,(H,17,18). The molecule has 1 atom stereocenters. The Hall–Kier alpha value is -1.81. The van der Waals surface area contributed by atoms with Gasteiger partial charge in [0.1, 0.15) is 0 Å². The van der Waals surface area contributed by atoms with Crippen LogP contribution in [-0.4, -0.2) is 11.1 Å². The maximum Gasteiger partial charge on any atom is 0.335 e. The number of hydrogen-bond acceptors (Lipinski definition) is 3. The first-order valence-electron chi connectivity index (χ1n) is 6.25. The van der Waals surface area contributed by atoms with Crippen LogP contribution in [0.25, 0.3) is 0 Å². The van der Waals surface area contributed by atoms with Crippen molar-refractivity contribution in [3.05, 3.63) is 51.7 Å². The van der Waals surface area contributed by atoms with Crippen molar-refractivity contribution in [2.24, 2.45) is 0 Å². The van der Waals surface area contributed by atoms with Gasteiger partial charge in [0.05, 0.1) is 11.6 Å². The Kier molecular flexibility index (Phi) is 4.22. The average molecular weight is 275 g/mol. The molecule has 0 fully saturated rings. The number of aromatic carboxylic acids is 1. The number of carboxylic acid groups (broad SMARTS) is 1. The predicted octanol–water partition coefficient (Wildman–Crippen LogP) is 4.32. The highest BCUT2D eigenvalue weighted by Crippen LogP contribution is 2.28. The maximum atomic E-state index is 10.9. The third-order valence-corrected chi connectivity index (χ3v) is 4.08. The van der Waals surface area contributed by atoms with Gasteiger partial charge in [-0.1, -0.05) is 13.0 Å². The molecule has 0 radical (unpaired) electrons. The van der Waals surface area contributed by atoms with E-state index in [1.807, 2.05) is 19.1 Å². The molecule has 0 aliphatic heterocycles. The van der Waals surface area contributed by atoms with Crippen LogP contribution in [0.4, 0.5) is 5.69 Å². The summed E-state index contributed by atoms with van der Waals surface area (Å²) in [5, 5.41) is 14.5. The van der Waals surface area contributed by atoms with Crippen molar-refractivity contribution in [2.75, 3.05) is 5.32 Å². The third-order valence-electron chi connectivity index (χ3n) is 3.10. The lowest BCUT2D eigenvalue weighted by Gasteiger charge is -2.18. The molecule has 0 aliphatic rings. The molecule has 2 aromatic rings. The Labute approximate surface area is 116 Å². The third kappa shape index (κ3) is 3.15. The van der Waals surface area contributed by atoms with Crippen LogP contribution in [0.1, 0.15) is 40.2 Å². The second-order valence-electron chi connectivity index (χ2n) is 4.46. The summed E-state index contributed by atoms with van der Waals surface area (Å²) >= 11 is 1.73. The van der Waals surface area contributed by atoms with Crippen LogP contribution in [-0.2, 0) is 0 Å². The first kappa shape index (κ1) is 13.6. The SMILES string of the molecule is CCC(Nc1ccc(C(=O)O)cc1C)c1cccs1. The first-order valence-corrected chi connectivity index (χ1v) is 7.13. The normalized spacial score (nSPS) is 12.1.